The smallest absolute Gasteiger partial charge is 0.259 e. The molecule has 2 rings (SSSR count). The molecule has 0 fully saturated rings. The predicted octanol–water partition coefficient (Wildman–Crippen LogP) is 3.59. The van der Waals surface area contributed by atoms with Crippen molar-refractivity contribution in [3.8, 4) is 0 Å². The Balaban J connectivity index is 2.33. The summed E-state index contributed by atoms with van der Waals surface area (Å²) in [5.41, 5.74) is 1.77. The van der Waals surface area contributed by atoms with Crippen molar-refractivity contribution in [2.24, 2.45) is 0 Å². The van der Waals surface area contributed by atoms with E-state index < -0.39 is 11.7 Å². The Morgan fingerprint density at radius 1 is 1.40 bits per heavy atom. The minimum absolute atomic E-state index is 0.154. The zero-order valence-corrected chi connectivity index (χ0v) is 12.6. The van der Waals surface area contributed by atoms with Crippen molar-refractivity contribution in [1.29, 1.82) is 0 Å². The number of nitrogens with one attached hydrogen (secondary N) is 2. The van der Waals surface area contributed by atoms with Crippen molar-refractivity contribution < 1.29 is 9.18 Å². The summed E-state index contributed by atoms with van der Waals surface area (Å²) >= 11 is 3.41. The standard InChI is InChI=1S/C14H13BrFN3O/c1-8-4-3-5-11(12(8)15)19-14(20)10-6-9(16)7-18-13(10)17-2/h3-7H,1-2H3,(H,17,18)(H,19,20). The van der Waals surface area contributed by atoms with Crippen LogP contribution in [0.1, 0.15) is 15.9 Å². The molecule has 2 aromatic rings. The SMILES string of the molecule is CNc1ncc(F)cc1C(=O)Nc1cccc(C)c1Br. The van der Waals surface area contributed by atoms with Crippen LogP contribution >= 0.6 is 15.9 Å². The van der Waals surface area contributed by atoms with Gasteiger partial charge < -0.3 is 10.6 Å². The van der Waals surface area contributed by atoms with Gasteiger partial charge in [-0.2, -0.15) is 0 Å². The molecule has 0 bridgehead atoms. The summed E-state index contributed by atoms with van der Waals surface area (Å²) in [5.74, 6) is -0.655. The fourth-order valence-corrected chi connectivity index (χ4v) is 2.11. The van der Waals surface area contributed by atoms with Crippen LogP contribution in [-0.4, -0.2) is 17.9 Å². The zero-order valence-electron chi connectivity index (χ0n) is 11.0. The van der Waals surface area contributed by atoms with Gasteiger partial charge in [0.2, 0.25) is 0 Å². The minimum atomic E-state index is -0.558. The number of benzene rings is 1. The van der Waals surface area contributed by atoms with Crippen LogP contribution in [0.25, 0.3) is 0 Å². The summed E-state index contributed by atoms with van der Waals surface area (Å²) in [6.45, 7) is 1.92. The molecule has 0 aliphatic heterocycles. The van der Waals surface area contributed by atoms with Gasteiger partial charge in [0.1, 0.15) is 11.6 Å². The van der Waals surface area contributed by atoms with Crippen molar-refractivity contribution in [3.05, 3.63) is 51.9 Å². The highest BCUT2D eigenvalue weighted by molar-refractivity contribution is 9.10. The number of amides is 1. The molecule has 20 heavy (non-hydrogen) atoms. The number of anilines is 2. The van der Waals surface area contributed by atoms with Gasteiger partial charge in [-0.1, -0.05) is 12.1 Å². The maximum absolute atomic E-state index is 13.2. The Bertz CT molecular complexity index is 661. The van der Waals surface area contributed by atoms with Crippen LogP contribution < -0.4 is 10.6 Å². The molecule has 0 saturated carbocycles. The van der Waals surface area contributed by atoms with E-state index in [1.807, 2.05) is 19.1 Å². The zero-order chi connectivity index (χ0) is 14.7. The van der Waals surface area contributed by atoms with Crippen LogP contribution in [0.5, 0.6) is 0 Å². The van der Waals surface area contributed by atoms with E-state index in [2.05, 4.69) is 31.5 Å². The van der Waals surface area contributed by atoms with E-state index in [4.69, 9.17) is 0 Å². The summed E-state index contributed by atoms with van der Waals surface area (Å²) in [6.07, 6.45) is 1.06. The quantitative estimate of drug-likeness (QED) is 0.899. The van der Waals surface area contributed by atoms with E-state index in [1.54, 1.807) is 13.1 Å². The number of carbonyl (C=O) groups is 1. The second-order valence-corrected chi connectivity index (χ2v) is 4.98. The Kier molecular flexibility index (Phi) is 4.34. The number of nitrogens with zero attached hydrogens (tertiary/aromatic N) is 1. The first kappa shape index (κ1) is 14.5. The highest BCUT2D eigenvalue weighted by Crippen LogP contribution is 2.26. The van der Waals surface area contributed by atoms with Crippen molar-refractivity contribution in [2.75, 3.05) is 17.7 Å². The highest BCUT2D eigenvalue weighted by Gasteiger charge is 2.15. The molecular formula is C14H13BrFN3O. The van der Waals surface area contributed by atoms with Crippen LogP contribution in [-0.2, 0) is 0 Å². The van der Waals surface area contributed by atoms with Crippen molar-refractivity contribution >= 4 is 33.3 Å². The molecule has 1 heterocycles. The number of aromatic nitrogens is 1. The number of hydrogen-bond acceptors (Lipinski definition) is 3. The Hall–Kier alpha value is -1.95. The fourth-order valence-electron chi connectivity index (χ4n) is 1.75. The average molecular weight is 338 g/mol. The van der Waals surface area contributed by atoms with Gasteiger partial charge in [-0.15, -0.1) is 0 Å². The normalized spacial score (nSPS) is 10.2. The van der Waals surface area contributed by atoms with Gasteiger partial charge in [-0.3, -0.25) is 4.79 Å². The molecular weight excluding hydrogens is 325 g/mol. The first-order valence-electron chi connectivity index (χ1n) is 5.92. The van der Waals surface area contributed by atoms with E-state index in [0.29, 0.717) is 11.5 Å². The maximum Gasteiger partial charge on any atom is 0.259 e. The monoisotopic (exact) mass is 337 g/mol. The van der Waals surface area contributed by atoms with Crippen LogP contribution in [0.4, 0.5) is 15.9 Å². The summed E-state index contributed by atoms with van der Waals surface area (Å²) in [5, 5.41) is 5.50. The maximum atomic E-state index is 13.2. The van der Waals surface area contributed by atoms with E-state index in [9.17, 15) is 9.18 Å². The van der Waals surface area contributed by atoms with Gasteiger partial charge in [0.05, 0.1) is 17.4 Å². The third-order valence-electron chi connectivity index (χ3n) is 2.78. The van der Waals surface area contributed by atoms with E-state index >= 15 is 0 Å². The largest absolute Gasteiger partial charge is 0.372 e. The number of pyridine rings is 1. The number of rotatable bonds is 3. The van der Waals surface area contributed by atoms with Crippen LogP contribution in [0.15, 0.2) is 34.9 Å². The summed E-state index contributed by atoms with van der Waals surface area (Å²) in [4.78, 5) is 16.1. The van der Waals surface area contributed by atoms with Crippen molar-refractivity contribution in [2.45, 2.75) is 6.92 Å². The van der Waals surface area contributed by atoms with Crippen molar-refractivity contribution in [1.82, 2.24) is 4.98 Å². The average Bonchev–Trinajstić information content (AvgIpc) is 2.43. The minimum Gasteiger partial charge on any atom is -0.372 e. The van der Waals surface area contributed by atoms with E-state index in [1.165, 1.54) is 0 Å². The second-order valence-electron chi connectivity index (χ2n) is 4.19. The molecule has 0 unspecified atom stereocenters. The topological polar surface area (TPSA) is 54.0 Å². The summed E-state index contributed by atoms with van der Waals surface area (Å²) in [7, 11) is 1.62. The molecule has 0 saturated heterocycles. The fraction of sp³-hybridized carbons (Fsp3) is 0.143. The predicted molar refractivity (Wildman–Crippen MR) is 80.6 cm³/mol. The molecule has 6 heteroatoms. The number of hydrogen-bond donors (Lipinski definition) is 2. The summed E-state index contributed by atoms with van der Waals surface area (Å²) < 4.78 is 14.0. The molecule has 0 spiro atoms. The lowest BCUT2D eigenvalue weighted by Gasteiger charge is -2.11. The number of aryl methyl sites for hydroxylation is 1. The molecule has 0 atom stereocenters. The lowest BCUT2D eigenvalue weighted by molar-refractivity contribution is 0.102. The van der Waals surface area contributed by atoms with Crippen LogP contribution in [0, 0.1) is 12.7 Å². The Morgan fingerprint density at radius 2 is 2.15 bits per heavy atom. The van der Waals surface area contributed by atoms with Gasteiger partial charge in [0.25, 0.3) is 5.91 Å². The second kappa shape index (κ2) is 6.00. The molecule has 104 valence electrons. The van der Waals surface area contributed by atoms with Crippen molar-refractivity contribution in [3.63, 3.8) is 0 Å². The molecule has 0 aliphatic carbocycles. The van der Waals surface area contributed by atoms with Gasteiger partial charge in [0, 0.05) is 11.5 Å². The first-order valence-corrected chi connectivity index (χ1v) is 6.72. The van der Waals surface area contributed by atoms with Gasteiger partial charge in [-0.25, -0.2) is 9.37 Å². The molecule has 2 N–H and O–H groups in total. The van der Waals surface area contributed by atoms with E-state index in [-0.39, 0.29) is 5.56 Å². The molecule has 1 aromatic carbocycles. The molecule has 1 aromatic heterocycles. The Morgan fingerprint density at radius 3 is 2.85 bits per heavy atom. The summed E-state index contributed by atoms with van der Waals surface area (Å²) in [6, 6.07) is 6.67. The third kappa shape index (κ3) is 2.96. The van der Waals surface area contributed by atoms with E-state index in [0.717, 1.165) is 22.3 Å². The van der Waals surface area contributed by atoms with Gasteiger partial charge in [0.15, 0.2) is 0 Å². The van der Waals surface area contributed by atoms with Crippen LogP contribution in [0.3, 0.4) is 0 Å². The molecule has 1 amide bonds. The highest BCUT2D eigenvalue weighted by atomic mass is 79.9. The molecule has 0 aliphatic rings. The lowest BCUT2D eigenvalue weighted by Crippen LogP contribution is -2.15. The molecule has 4 nitrogen and oxygen atoms in total. The van der Waals surface area contributed by atoms with Gasteiger partial charge in [-0.05, 0) is 40.5 Å². The van der Waals surface area contributed by atoms with Crippen LogP contribution in [0.2, 0.25) is 0 Å². The Labute approximate surface area is 124 Å². The third-order valence-corrected chi connectivity index (χ3v) is 3.83. The van der Waals surface area contributed by atoms with Gasteiger partial charge >= 0.3 is 0 Å². The number of halogens is 2. The number of carbonyl (C=O) groups excluding carboxylic acids is 1. The lowest BCUT2D eigenvalue weighted by atomic mass is 10.2. The molecule has 0 radical (unpaired) electrons. The first-order chi connectivity index (χ1) is 9.52.